The Bertz CT molecular complexity index is 349. The average Bonchev–Trinajstić information content (AvgIpc) is 2.40. The summed E-state index contributed by atoms with van der Waals surface area (Å²) in [5, 5.41) is 0. The molecule has 2 heteroatoms. The minimum atomic E-state index is 0.501. The second kappa shape index (κ2) is 5.19. The largest absolute Gasteiger partial charge is 0.375 e. The molecule has 1 aliphatic carbocycles. The summed E-state index contributed by atoms with van der Waals surface area (Å²) in [5.41, 5.74) is 1.43. The predicted molar refractivity (Wildman–Crippen MR) is 68.8 cm³/mol. The summed E-state index contributed by atoms with van der Waals surface area (Å²) < 4.78 is 5.91. The maximum Gasteiger partial charge on any atom is 0.0731 e. The first-order valence-electron chi connectivity index (χ1n) is 6.83. The summed E-state index contributed by atoms with van der Waals surface area (Å²) >= 11 is 0. The standard InChI is InChI=1S/C15H21NO/c1-2-6-13(7-3-1)12-16-10-11-17-15-9-5-4-8-14(15)16/h1-3,6-7,14-15H,4-5,8-12H2/t14-,15-/m1/s1. The average molecular weight is 231 g/mol. The van der Waals surface area contributed by atoms with Crippen LogP contribution in [-0.2, 0) is 11.3 Å². The van der Waals surface area contributed by atoms with Gasteiger partial charge in [-0.05, 0) is 18.4 Å². The minimum Gasteiger partial charge on any atom is -0.375 e. The Morgan fingerprint density at radius 2 is 1.94 bits per heavy atom. The molecular weight excluding hydrogens is 210 g/mol. The van der Waals surface area contributed by atoms with E-state index >= 15 is 0 Å². The van der Waals surface area contributed by atoms with Crippen molar-refractivity contribution in [1.82, 2.24) is 4.90 Å². The molecule has 92 valence electrons. The molecule has 1 saturated heterocycles. The third-order valence-electron chi connectivity index (χ3n) is 4.08. The molecular formula is C15H21NO. The second-order valence-corrected chi connectivity index (χ2v) is 5.22. The predicted octanol–water partition coefficient (Wildman–Crippen LogP) is 2.83. The number of fused-ring (bicyclic) bond motifs is 1. The van der Waals surface area contributed by atoms with Gasteiger partial charge in [0.05, 0.1) is 12.7 Å². The molecule has 2 aliphatic rings. The van der Waals surface area contributed by atoms with Crippen molar-refractivity contribution in [3.05, 3.63) is 35.9 Å². The van der Waals surface area contributed by atoms with Crippen LogP contribution in [0.15, 0.2) is 30.3 Å². The van der Waals surface area contributed by atoms with Gasteiger partial charge in [0.2, 0.25) is 0 Å². The first kappa shape index (κ1) is 11.2. The van der Waals surface area contributed by atoms with E-state index in [0.29, 0.717) is 12.1 Å². The first-order valence-corrected chi connectivity index (χ1v) is 6.83. The highest BCUT2D eigenvalue weighted by atomic mass is 16.5. The molecule has 1 aromatic carbocycles. The SMILES string of the molecule is c1ccc(CN2CCO[C@@H]3CCCC[C@H]32)cc1. The minimum absolute atomic E-state index is 0.501. The van der Waals surface area contributed by atoms with Crippen LogP contribution >= 0.6 is 0 Å². The van der Waals surface area contributed by atoms with E-state index in [1.54, 1.807) is 0 Å². The lowest BCUT2D eigenvalue weighted by atomic mass is 9.90. The molecule has 0 bridgehead atoms. The molecule has 1 saturated carbocycles. The Morgan fingerprint density at radius 3 is 2.82 bits per heavy atom. The smallest absolute Gasteiger partial charge is 0.0731 e. The van der Waals surface area contributed by atoms with Crippen LogP contribution in [0.25, 0.3) is 0 Å². The molecule has 1 aliphatic heterocycles. The Balaban J connectivity index is 1.69. The van der Waals surface area contributed by atoms with Gasteiger partial charge in [-0.3, -0.25) is 4.90 Å². The first-order chi connectivity index (χ1) is 8.43. The topological polar surface area (TPSA) is 12.5 Å². The van der Waals surface area contributed by atoms with E-state index < -0.39 is 0 Å². The molecule has 1 aromatic rings. The quantitative estimate of drug-likeness (QED) is 0.776. The van der Waals surface area contributed by atoms with Crippen molar-refractivity contribution in [3.63, 3.8) is 0 Å². The van der Waals surface area contributed by atoms with Crippen molar-refractivity contribution >= 4 is 0 Å². The molecule has 3 rings (SSSR count). The molecule has 0 N–H and O–H groups in total. The van der Waals surface area contributed by atoms with Gasteiger partial charge in [0.15, 0.2) is 0 Å². The molecule has 2 nitrogen and oxygen atoms in total. The number of hydrogen-bond donors (Lipinski definition) is 0. The van der Waals surface area contributed by atoms with Crippen LogP contribution in [0.4, 0.5) is 0 Å². The van der Waals surface area contributed by atoms with Crippen molar-refractivity contribution in [2.45, 2.75) is 44.4 Å². The van der Waals surface area contributed by atoms with Gasteiger partial charge in [0.25, 0.3) is 0 Å². The fraction of sp³-hybridized carbons (Fsp3) is 0.600. The zero-order chi connectivity index (χ0) is 11.5. The van der Waals surface area contributed by atoms with E-state index in [9.17, 15) is 0 Å². The number of hydrogen-bond acceptors (Lipinski definition) is 2. The second-order valence-electron chi connectivity index (χ2n) is 5.22. The van der Waals surface area contributed by atoms with Crippen molar-refractivity contribution < 1.29 is 4.74 Å². The lowest BCUT2D eigenvalue weighted by molar-refractivity contribution is -0.0911. The van der Waals surface area contributed by atoms with Crippen LogP contribution in [-0.4, -0.2) is 30.2 Å². The maximum absolute atomic E-state index is 5.91. The molecule has 17 heavy (non-hydrogen) atoms. The number of benzene rings is 1. The molecule has 0 spiro atoms. The Kier molecular flexibility index (Phi) is 3.44. The third kappa shape index (κ3) is 2.53. The van der Waals surface area contributed by atoms with Gasteiger partial charge in [0.1, 0.15) is 0 Å². The Hall–Kier alpha value is -0.860. The maximum atomic E-state index is 5.91. The monoisotopic (exact) mass is 231 g/mol. The summed E-state index contributed by atoms with van der Waals surface area (Å²) in [6.07, 6.45) is 5.80. The number of nitrogens with zero attached hydrogens (tertiary/aromatic N) is 1. The third-order valence-corrected chi connectivity index (χ3v) is 4.08. The van der Waals surface area contributed by atoms with E-state index in [-0.39, 0.29) is 0 Å². The molecule has 2 atom stereocenters. The summed E-state index contributed by atoms with van der Waals surface area (Å²) in [5.74, 6) is 0. The zero-order valence-corrected chi connectivity index (χ0v) is 10.3. The highest BCUT2D eigenvalue weighted by molar-refractivity contribution is 5.14. The van der Waals surface area contributed by atoms with Gasteiger partial charge >= 0.3 is 0 Å². The van der Waals surface area contributed by atoms with Gasteiger partial charge in [0, 0.05) is 19.1 Å². The van der Waals surface area contributed by atoms with Gasteiger partial charge in [-0.25, -0.2) is 0 Å². The number of rotatable bonds is 2. The van der Waals surface area contributed by atoms with E-state index in [2.05, 4.69) is 35.2 Å². The Labute approximate surface area is 104 Å². The van der Waals surface area contributed by atoms with Crippen LogP contribution in [0.5, 0.6) is 0 Å². The van der Waals surface area contributed by atoms with E-state index in [0.717, 1.165) is 19.7 Å². The normalized spacial score (nSPS) is 29.9. The van der Waals surface area contributed by atoms with E-state index in [1.165, 1.54) is 31.2 Å². The zero-order valence-electron chi connectivity index (χ0n) is 10.3. The van der Waals surface area contributed by atoms with Crippen molar-refractivity contribution in [2.75, 3.05) is 13.2 Å². The van der Waals surface area contributed by atoms with E-state index in [1.807, 2.05) is 0 Å². The number of morpholine rings is 1. The van der Waals surface area contributed by atoms with Crippen LogP contribution < -0.4 is 0 Å². The van der Waals surface area contributed by atoms with Crippen LogP contribution in [0.3, 0.4) is 0 Å². The molecule has 0 amide bonds. The van der Waals surface area contributed by atoms with Gasteiger partial charge in [-0.2, -0.15) is 0 Å². The fourth-order valence-electron chi connectivity index (χ4n) is 3.19. The van der Waals surface area contributed by atoms with Gasteiger partial charge in [-0.1, -0.05) is 43.2 Å². The molecule has 0 aromatic heterocycles. The summed E-state index contributed by atoms with van der Waals surface area (Å²) in [6.45, 7) is 3.09. The van der Waals surface area contributed by atoms with Crippen molar-refractivity contribution in [2.24, 2.45) is 0 Å². The molecule has 2 fully saturated rings. The molecule has 0 unspecified atom stereocenters. The number of ether oxygens (including phenoxy) is 1. The van der Waals surface area contributed by atoms with Crippen LogP contribution in [0.2, 0.25) is 0 Å². The molecule has 1 heterocycles. The lowest BCUT2D eigenvalue weighted by Crippen LogP contribution is -2.52. The van der Waals surface area contributed by atoms with Crippen molar-refractivity contribution in [3.8, 4) is 0 Å². The summed E-state index contributed by atoms with van der Waals surface area (Å²) in [7, 11) is 0. The van der Waals surface area contributed by atoms with Gasteiger partial charge < -0.3 is 4.74 Å². The lowest BCUT2D eigenvalue weighted by Gasteiger charge is -2.43. The van der Waals surface area contributed by atoms with E-state index in [4.69, 9.17) is 4.74 Å². The highest BCUT2D eigenvalue weighted by Crippen LogP contribution is 2.29. The summed E-state index contributed by atoms with van der Waals surface area (Å²) in [4.78, 5) is 2.63. The van der Waals surface area contributed by atoms with Crippen molar-refractivity contribution in [1.29, 1.82) is 0 Å². The van der Waals surface area contributed by atoms with Gasteiger partial charge in [-0.15, -0.1) is 0 Å². The highest BCUT2D eigenvalue weighted by Gasteiger charge is 2.33. The fourth-order valence-corrected chi connectivity index (χ4v) is 3.19. The Morgan fingerprint density at radius 1 is 1.12 bits per heavy atom. The van der Waals surface area contributed by atoms with Crippen LogP contribution in [0.1, 0.15) is 31.2 Å². The summed E-state index contributed by atoms with van der Waals surface area (Å²) in [6, 6.07) is 11.5. The van der Waals surface area contributed by atoms with Crippen LogP contribution in [0, 0.1) is 0 Å². The molecule has 0 radical (unpaired) electrons.